The first-order valence-electron chi connectivity index (χ1n) is 10.3. The van der Waals surface area contributed by atoms with E-state index in [0.29, 0.717) is 30.2 Å². The smallest absolute Gasteiger partial charge is 0.330 e. The molecular formula is C24H23ClN4O3. The van der Waals surface area contributed by atoms with Gasteiger partial charge in [0, 0.05) is 18.2 Å². The minimum absolute atomic E-state index is 0.171. The van der Waals surface area contributed by atoms with Crippen molar-refractivity contribution in [3.63, 3.8) is 0 Å². The first-order valence-corrected chi connectivity index (χ1v) is 10.7. The average Bonchev–Trinajstić information content (AvgIpc) is 3.25. The first kappa shape index (κ1) is 21.6. The fraction of sp³-hybridized carbons (Fsp3) is 0.208. The highest BCUT2D eigenvalue weighted by molar-refractivity contribution is 6.31. The van der Waals surface area contributed by atoms with Gasteiger partial charge in [-0.1, -0.05) is 54.1 Å². The number of esters is 1. The highest BCUT2D eigenvalue weighted by Gasteiger charge is 2.12. The summed E-state index contributed by atoms with van der Waals surface area (Å²) in [6, 6.07) is 17.4. The van der Waals surface area contributed by atoms with Crippen LogP contribution in [0.2, 0.25) is 5.15 Å². The number of halogens is 1. The maximum Gasteiger partial charge on any atom is 0.330 e. The number of fused-ring (bicyclic) bond motifs is 1. The van der Waals surface area contributed by atoms with Crippen LogP contribution in [0.3, 0.4) is 0 Å². The van der Waals surface area contributed by atoms with E-state index >= 15 is 0 Å². The number of rotatable bonds is 8. The van der Waals surface area contributed by atoms with Gasteiger partial charge in [-0.2, -0.15) is 5.10 Å². The summed E-state index contributed by atoms with van der Waals surface area (Å²) >= 11 is 6.47. The highest BCUT2D eigenvalue weighted by atomic mass is 35.5. The summed E-state index contributed by atoms with van der Waals surface area (Å²) in [4.78, 5) is 27.0. The number of hydrogen-bond donors (Lipinski definition) is 1. The van der Waals surface area contributed by atoms with Gasteiger partial charge in [-0.15, -0.1) is 0 Å². The topological polar surface area (TPSA) is 81.9 Å². The van der Waals surface area contributed by atoms with Crippen molar-refractivity contribution in [2.45, 2.75) is 26.4 Å². The Balaban J connectivity index is 1.32. The molecule has 32 heavy (non-hydrogen) atoms. The Hall–Kier alpha value is -3.58. The summed E-state index contributed by atoms with van der Waals surface area (Å²) < 4.78 is 8.62. The molecule has 0 aliphatic heterocycles. The SMILES string of the molecule is Cc1nn(Cc2ccccc2)c(Cl)c1C=CC(=O)OCCCn1c(=O)[nH]c2ccccc21. The molecule has 8 heteroatoms. The van der Waals surface area contributed by atoms with Crippen molar-refractivity contribution in [3.8, 4) is 0 Å². The van der Waals surface area contributed by atoms with Crippen LogP contribution in [0.15, 0.2) is 65.5 Å². The summed E-state index contributed by atoms with van der Waals surface area (Å²) in [7, 11) is 0. The number of imidazole rings is 1. The second-order valence-corrected chi connectivity index (χ2v) is 7.74. The molecule has 2 aromatic heterocycles. The monoisotopic (exact) mass is 450 g/mol. The third-order valence-electron chi connectivity index (χ3n) is 5.12. The molecule has 0 spiro atoms. The second kappa shape index (κ2) is 9.70. The molecule has 0 aliphatic rings. The van der Waals surface area contributed by atoms with E-state index < -0.39 is 5.97 Å². The molecule has 0 radical (unpaired) electrons. The maximum atomic E-state index is 12.1. The van der Waals surface area contributed by atoms with Gasteiger partial charge >= 0.3 is 11.7 Å². The minimum Gasteiger partial charge on any atom is -0.462 e. The van der Waals surface area contributed by atoms with Gasteiger partial charge in [-0.3, -0.25) is 4.57 Å². The maximum absolute atomic E-state index is 12.1. The van der Waals surface area contributed by atoms with Gasteiger partial charge in [0.15, 0.2) is 0 Å². The van der Waals surface area contributed by atoms with E-state index in [1.165, 1.54) is 6.08 Å². The van der Waals surface area contributed by atoms with E-state index in [1.807, 2.05) is 61.5 Å². The molecule has 0 unspecified atom stereocenters. The number of aryl methyl sites for hydroxylation is 2. The summed E-state index contributed by atoms with van der Waals surface area (Å²) in [6.45, 7) is 3.05. The van der Waals surface area contributed by atoms with Crippen LogP contribution in [-0.2, 0) is 22.6 Å². The summed E-state index contributed by atoms with van der Waals surface area (Å²) in [6.07, 6.45) is 3.50. The molecule has 2 heterocycles. The van der Waals surface area contributed by atoms with Crippen LogP contribution >= 0.6 is 11.6 Å². The van der Waals surface area contributed by atoms with Gasteiger partial charge < -0.3 is 9.72 Å². The van der Waals surface area contributed by atoms with Crippen molar-refractivity contribution in [3.05, 3.63) is 93.1 Å². The molecule has 2 aromatic carbocycles. The third-order valence-corrected chi connectivity index (χ3v) is 5.52. The van der Waals surface area contributed by atoms with Gasteiger partial charge in [0.1, 0.15) is 5.15 Å². The Bertz CT molecular complexity index is 1320. The Morgan fingerprint density at radius 3 is 2.72 bits per heavy atom. The lowest BCUT2D eigenvalue weighted by Gasteiger charge is -2.04. The Kier molecular flexibility index (Phi) is 6.56. The number of H-pyrrole nitrogens is 1. The summed E-state index contributed by atoms with van der Waals surface area (Å²) in [5.74, 6) is -0.470. The molecule has 164 valence electrons. The van der Waals surface area contributed by atoms with E-state index in [4.69, 9.17) is 16.3 Å². The first-order chi connectivity index (χ1) is 15.5. The van der Waals surface area contributed by atoms with Crippen molar-refractivity contribution in [1.82, 2.24) is 19.3 Å². The fourth-order valence-electron chi connectivity index (χ4n) is 3.54. The molecule has 7 nitrogen and oxygen atoms in total. The standard InChI is InChI=1S/C24H23ClN4O3/c1-17-19(23(25)29(27-17)16-18-8-3-2-4-9-18)12-13-22(30)32-15-7-14-28-21-11-6-5-10-20(21)26-24(28)31/h2-6,8-13H,7,14-16H2,1H3,(H,26,31). The van der Waals surface area contributed by atoms with E-state index in [-0.39, 0.29) is 12.3 Å². The number of ether oxygens (including phenoxy) is 1. The van der Waals surface area contributed by atoms with Crippen LogP contribution in [-0.4, -0.2) is 31.9 Å². The largest absolute Gasteiger partial charge is 0.462 e. The average molecular weight is 451 g/mol. The molecule has 0 amide bonds. The number of para-hydroxylation sites is 2. The number of nitrogens with one attached hydrogen (secondary N) is 1. The van der Waals surface area contributed by atoms with Crippen LogP contribution in [0.4, 0.5) is 0 Å². The number of carbonyl (C=O) groups excluding carboxylic acids is 1. The van der Waals surface area contributed by atoms with Crippen molar-refractivity contribution in [2.75, 3.05) is 6.61 Å². The molecule has 0 fully saturated rings. The zero-order chi connectivity index (χ0) is 22.5. The minimum atomic E-state index is -0.470. The zero-order valence-corrected chi connectivity index (χ0v) is 18.4. The van der Waals surface area contributed by atoms with Crippen molar-refractivity contribution >= 4 is 34.7 Å². The summed E-state index contributed by atoms with van der Waals surface area (Å²) in [5.41, 5.74) is 3.95. The Morgan fingerprint density at radius 2 is 1.91 bits per heavy atom. The number of nitrogens with zero attached hydrogens (tertiary/aromatic N) is 3. The molecule has 0 bridgehead atoms. The molecule has 4 aromatic rings. The van der Waals surface area contributed by atoms with E-state index in [1.54, 1.807) is 15.3 Å². The summed E-state index contributed by atoms with van der Waals surface area (Å²) in [5, 5.41) is 4.93. The fourth-order valence-corrected chi connectivity index (χ4v) is 3.84. The number of carbonyl (C=O) groups is 1. The number of aromatic nitrogens is 4. The van der Waals surface area contributed by atoms with Crippen LogP contribution in [0, 0.1) is 6.92 Å². The van der Waals surface area contributed by atoms with Crippen molar-refractivity contribution in [2.24, 2.45) is 0 Å². The molecule has 0 saturated heterocycles. The van der Waals surface area contributed by atoms with Crippen LogP contribution in [0.5, 0.6) is 0 Å². The second-order valence-electron chi connectivity index (χ2n) is 7.39. The highest BCUT2D eigenvalue weighted by Crippen LogP contribution is 2.22. The van der Waals surface area contributed by atoms with Crippen LogP contribution < -0.4 is 5.69 Å². The molecule has 0 saturated carbocycles. The quantitative estimate of drug-likeness (QED) is 0.248. The Morgan fingerprint density at radius 1 is 1.16 bits per heavy atom. The number of benzene rings is 2. The molecule has 0 atom stereocenters. The van der Waals surface area contributed by atoms with E-state index in [0.717, 1.165) is 22.3 Å². The molecular weight excluding hydrogens is 428 g/mol. The third kappa shape index (κ3) is 4.84. The van der Waals surface area contributed by atoms with E-state index in [2.05, 4.69) is 10.1 Å². The molecule has 0 aliphatic carbocycles. The number of hydrogen-bond acceptors (Lipinski definition) is 4. The van der Waals surface area contributed by atoms with Gasteiger partial charge in [-0.25, -0.2) is 14.3 Å². The van der Waals surface area contributed by atoms with Gasteiger partial charge in [0.05, 0.1) is 29.9 Å². The van der Waals surface area contributed by atoms with Crippen LogP contribution in [0.25, 0.3) is 17.1 Å². The predicted octanol–water partition coefficient (Wildman–Crippen LogP) is 4.18. The van der Waals surface area contributed by atoms with Gasteiger partial charge in [-0.05, 0) is 37.1 Å². The van der Waals surface area contributed by atoms with E-state index in [9.17, 15) is 9.59 Å². The predicted molar refractivity (Wildman–Crippen MR) is 125 cm³/mol. The zero-order valence-electron chi connectivity index (χ0n) is 17.6. The molecule has 4 rings (SSSR count). The number of aromatic amines is 1. The lowest BCUT2D eigenvalue weighted by Crippen LogP contribution is -2.18. The van der Waals surface area contributed by atoms with Crippen molar-refractivity contribution in [1.29, 1.82) is 0 Å². The lowest BCUT2D eigenvalue weighted by atomic mass is 10.2. The normalized spacial score (nSPS) is 11.4. The van der Waals surface area contributed by atoms with Crippen molar-refractivity contribution < 1.29 is 9.53 Å². The molecule has 1 N–H and O–H groups in total. The Labute approximate surface area is 189 Å². The van der Waals surface area contributed by atoms with Gasteiger partial charge in [0.25, 0.3) is 0 Å². The lowest BCUT2D eigenvalue weighted by molar-refractivity contribution is -0.137. The van der Waals surface area contributed by atoms with Gasteiger partial charge in [0.2, 0.25) is 0 Å². The van der Waals surface area contributed by atoms with Crippen LogP contribution in [0.1, 0.15) is 23.2 Å².